The molecule has 1 aromatic heterocycles. The first kappa shape index (κ1) is 14.1. The summed E-state index contributed by atoms with van der Waals surface area (Å²) in [4.78, 5) is 1.14. The van der Waals surface area contributed by atoms with Crippen molar-refractivity contribution < 1.29 is 9.84 Å². The van der Waals surface area contributed by atoms with Crippen LogP contribution in [0.1, 0.15) is 23.5 Å². The van der Waals surface area contributed by atoms with Crippen molar-refractivity contribution in [2.24, 2.45) is 0 Å². The summed E-state index contributed by atoms with van der Waals surface area (Å²) < 4.78 is 7.79. The van der Waals surface area contributed by atoms with Crippen molar-refractivity contribution >= 4 is 43.2 Å². The molecule has 2 rings (SSSR count). The summed E-state index contributed by atoms with van der Waals surface area (Å²) in [6.45, 7) is 2.24. The van der Waals surface area contributed by atoms with Crippen LogP contribution in [0.3, 0.4) is 0 Å². The van der Waals surface area contributed by atoms with Gasteiger partial charge in [0.1, 0.15) is 12.4 Å². The highest BCUT2D eigenvalue weighted by molar-refractivity contribution is 9.11. The molecule has 18 heavy (non-hydrogen) atoms. The van der Waals surface area contributed by atoms with E-state index in [1.165, 1.54) is 0 Å². The quantitative estimate of drug-likeness (QED) is 0.802. The molecule has 2 aromatic rings. The van der Waals surface area contributed by atoms with E-state index in [0.717, 1.165) is 24.4 Å². The normalized spacial score (nSPS) is 12.4. The molecule has 0 aliphatic heterocycles. The van der Waals surface area contributed by atoms with Crippen molar-refractivity contribution in [1.29, 1.82) is 0 Å². The lowest BCUT2D eigenvalue weighted by Crippen LogP contribution is -2.00. The second-order valence-corrected chi connectivity index (χ2v) is 7.32. The van der Waals surface area contributed by atoms with Crippen LogP contribution in [-0.2, 0) is 6.61 Å². The summed E-state index contributed by atoms with van der Waals surface area (Å²) in [6, 6.07) is 9.68. The van der Waals surface area contributed by atoms with Gasteiger partial charge in [0.05, 0.1) is 9.89 Å². The zero-order valence-electron chi connectivity index (χ0n) is 9.69. The maximum Gasteiger partial charge on any atom is 0.125 e. The van der Waals surface area contributed by atoms with E-state index in [9.17, 15) is 5.11 Å². The molecule has 0 amide bonds. The van der Waals surface area contributed by atoms with Crippen LogP contribution in [0, 0.1) is 0 Å². The molecule has 1 heterocycles. The van der Waals surface area contributed by atoms with Gasteiger partial charge in [-0.05, 0) is 53.2 Å². The number of hydrogen-bond acceptors (Lipinski definition) is 3. The minimum atomic E-state index is -0.549. The van der Waals surface area contributed by atoms with Gasteiger partial charge in [0.25, 0.3) is 0 Å². The van der Waals surface area contributed by atoms with Crippen molar-refractivity contribution in [3.8, 4) is 5.75 Å². The summed E-state index contributed by atoms with van der Waals surface area (Å²) in [5, 5.41) is 9.72. The molecular weight excluding hydrogens is 380 g/mol. The topological polar surface area (TPSA) is 29.5 Å². The Morgan fingerprint density at radius 3 is 2.67 bits per heavy atom. The molecule has 0 saturated carbocycles. The standard InChI is InChI=1S/C13H12Br2O2S/c1-8(16)11-6-9(14)2-4-12(11)17-7-10-3-5-13(15)18-10/h2-6,8,16H,7H2,1H3/t8-/m1/s1. The summed E-state index contributed by atoms with van der Waals surface area (Å²) in [7, 11) is 0. The number of hydrogen-bond donors (Lipinski definition) is 1. The fraction of sp³-hybridized carbons (Fsp3) is 0.231. The van der Waals surface area contributed by atoms with Gasteiger partial charge in [-0.15, -0.1) is 11.3 Å². The lowest BCUT2D eigenvalue weighted by atomic mass is 10.1. The molecule has 5 heteroatoms. The van der Waals surface area contributed by atoms with Crippen molar-refractivity contribution in [3.63, 3.8) is 0 Å². The molecule has 0 spiro atoms. The van der Waals surface area contributed by atoms with E-state index in [0.29, 0.717) is 6.61 Å². The largest absolute Gasteiger partial charge is 0.488 e. The van der Waals surface area contributed by atoms with Crippen LogP contribution in [-0.4, -0.2) is 5.11 Å². The van der Waals surface area contributed by atoms with Gasteiger partial charge in [0, 0.05) is 14.9 Å². The van der Waals surface area contributed by atoms with Gasteiger partial charge in [-0.25, -0.2) is 0 Å². The number of benzene rings is 1. The van der Waals surface area contributed by atoms with Crippen LogP contribution in [0.2, 0.25) is 0 Å². The smallest absolute Gasteiger partial charge is 0.125 e. The Morgan fingerprint density at radius 2 is 2.06 bits per heavy atom. The predicted molar refractivity (Wildman–Crippen MR) is 81.1 cm³/mol. The van der Waals surface area contributed by atoms with Gasteiger partial charge in [-0.2, -0.15) is 0 Å². The molecule has 0 radical (unpaired) electrons. The molecule has 0 saturated heterocycles. The van der Waals surface area contributed by atoms with E-state index in [-0.39, 0.29) is 0 Å². The number of thiophene rings is 1. The van der Waals surface area contributed by atoms with Gasteiger partial charge in [-0.3, -0.25) is 0 Å². The van der Waals surface area contributed by atoms with Gasteiger partial charge in [-0.1, -0.05) is 15.9 Å². The zero-order chi connectivity index (χ0) is 13.1. The third-order valence-corrected chi connectivity index (χ3v) is 4.51. The first-order valence-corrected chi connectivity index (χ1v) is 7.81. The van der Waals surface area contributed by atoms with Gasteiger partial charge < -0.3 is 9.84 Å². The summed E-state index contributed by atoms with van der Waals surface area (Å²) in [6.07, 6.45) is -0.549. The monoisotopic (exact) mass is 390 g/mol. The van der Waals surface area contributed by atoms with E-state index < -0.39 is 6.10 Å². The third-order valence-electron chi connectivity index (χ3n) is 2.42. The predicted octanol–water partition coefficient (Wildman–Crippen LogP) is 4.91. The van der Waals surface area contributed by atoms with Crippen molar-refractivity contribution in [2.75, 3.05) is 0 Å². The second kappa shape index (κ2) is 6.19. The highest BCUT2D eigenvalue weighted by atomic mass is 79.9. The number of aliphatic hydroxyl groups excluding tert-OH is 1. The molecule has 0 bridgehead atoms. The van der Waals surface area contributed by atoms with E-state index in [1.807, 2.05) is 30.3 Å². The number of ether oxygens (including phenoxy) is 1. The molecule has 96 valence electrons. The van der Waals surface area contributed by atoms with E-state index in [4.69, 9.17) is 4.74 Å². The molecule has 1 aromatic carbocycles. The minimum Gasteiger partial charge on any atom is -0.488 e. The fourth-order valence-electron chi connectivity index (χ4n) is 1.56. The van der Waals surface area contributed by atoms with E-state index in [1.54, 1.807) is 18.3 Å². The van der Waals surface area contributed by atoms with Gasteiger partial charge in [0.2, 0.25) is 0 Å². The molecule has 2 nitrogen and oxygen atoms in total. The molecule has 1 N–H and O–H groups in total. The van der Waals surface area contributed by atoms with Crippen LogP contribution >= 0.6 is 43.2 Å². The lowest BCUT2D eigenvalue weighted by Gasteiger charge is -2.13. The van der Waals surface area contributed by atoms with Crippen molar-refractivity contribution in [2.45, 2.75) is 19.6 Å². The SMILES string of the molecule is C[C@@H](O)c1cc(Br)ccc1OCc1ccc(Br)s1. The van der Waals surface area contributed by atoms with Crippen LogP contribution in [0.25, 0.3) is 0 Å². The van der Waals surface area contributed by atoms with Crippen molar-refractivity contribution in [1.82, 2.24) is 0 Å². The maximum absolute atomic E-state index is 9.72. The Bertz CT molecular complexity index is 538. The van der Waals surface area contributed by atoms with Crippen LogP contribution in [0.15, 0.2) is 38.6 Å². The zero-order valence-corrected chi connectivity index (χ0v) is 13.7. The highest BCUT2D eigenvalue weighted by Crippen LogP contribution is 2.30. The average molecular weight is 392 g/mol. The summed E-state index contributed by atoms with van der Waals surface area (Å²) in [5.41, 5.74) is 0.792. The van der Waals surface area contributed by atoms with Crippen LogP contribution in [0.5, 0.6) is 5.75 Å². The number of rotatable bonds is 4. The molecule has 1 atom stereocenters. The first-order valence-electron chi connectivity index (χ1n) is 5.41. The molecule has 0 aliphatic carbocycles. The number of halogens is 2. The number of aliphatic hydroxyl groups is 1. The first-order chi connectivity index (χ1) is 8.56. The fourth-order valence-corrected chi connectivity index (χ4v) is 3.33. The Kier molecular flexibility index (Phi) is 4.84. The summed E-state index contributed by atoms with van der Waals surface area (Å²) >= 11 is 8.46. The van der Waals surface area contributed by atoms with Gasteiger partial charge in [0.15, 0.2) is 0 Å². The Labute approximate surface area is 127 Å². The van der Waals surface area contributed by atoms with E-state index in [2.05, 4.69) is 31.9 Å². The third kappa shape index (κ3) is 3.57. The van der Waals surface area contributed by atoms with E-state index >= 15 is 0 Å². The maximum atomic E-state index is 9.72. The molecule has 0 unspecified atom stereocenters. The Balaban J connectivity index is 2.13. The van der Waals surface area contributed by atoms with Crippen molar-refractivity contribution in [3.05, 3.63) is 49.0 Å². The average Bonchev–Trinajstić information content (AvgIpc) is 2.73. The summed E-state index contributed by atoms with van der Waals surface area (Å²) in [5.74, 6) is 0.720. The van der Waals surface area contributed by atoms with Gasteiger partial charge >= 0.3 is 0 Å². The highest BCUT2D eigenvalue weighted by Gasteiger charge is 2.10. The second-order valence-electron chi connectivity index (χ2n) is 3.85. The molecule has 0 fully saturated rings. The van der Waals surface area contributed by atoms with Crippen LogP contribution < -0.4 is 4.74 Å². The minimum absolute atomic E-state index is 0.512. The molecular formula is C13H12Br2O2S. The molecule has 0 aliphatic rings. The Morgan fingerprint density at radius 1 is 1.28 bits per heavy atom. The lowest BCUT2D eigenvalue weighted by molar-refractivity contribution is 0.190. The Hall–Kier alpha value is -0.360. The van der Waals surface area contributed by atoms with Crippen LogP contribution in [0.4, 0.5) is 0 Å².